The van der Waals surface area contributed by atoms with Gasteiger partial charge >= 0.3 is 0 Å². The summed E-state index contributed by atoms with van der Waals surface area (Å²) in [7, 11) is 1.69. The molecule has 0 aromatic heterocycles. The van der Waals surface area contributed by atoms with Crippen molar-refractivity contribution in [1.29, 1.82) is 0 Å². The van der Waals surface area contributed by atoms with Crippen LogP contribution < -0.4 is 11.3 Å². The second-order valence-electron chi connectivity index (χ2n) is 3.73. The fraction of sp³-hybridized carbons (Fsp3) is 1.00. The molecular weight excluding hydrogens is 208 g/mol. The van der Waals surface area contributed by atoms with E-state index in [1.54, 1.807) is 7.11 Å². The van der Waals surface area contributed by atoms with Crippen LogP contribution in [-0.4, -0.2) is 39.3 Å². The summed E-state index contributed by atoms with van der Waals surface area (Å²) in [6.07, 6.45) is 0.619. The van der Waals surface area contributed by atoms with Gasteiger partial charge in [-0.25, -0.2) is 0 Å². The van der Waals surface area contributed by atoms with Gasteiger partial charge in [0.25, 0.3) is 0 Å². The van der Waals surface area contributed by atoms with Crippen LogP contribution in [-0.2, 0) is 14.2 Å². The number of rotatable bonds is 10. The van der Waals surface area contributed by atoms with Crippen molar-refractivity contribution >= 4 is 0 Å². The van der Waals surface area contributed by atoms with Crippen molar-refractivity contribution in [3.8, 4) is 0 Å². The lowest BCUT2D eigenvalue weighted by atomic mass is 9.98. The van der Waals surface area contributed by atoms with E-state index in [1.165, 1.54) is 0 Å². The molecule has 0 saturated heterocycles. The molecule has 0 radical (unpaired) electrons. The van der Waals surface area contributed by atoms with Gasteiger partial charge in [0.05, 0.1) is 6.04 Å². The summed E-state index contributed by atoms with van der Waals surface area (Å²) in [5.74, 6) is 5.88. The predicted octanol–water partition coefficient (Wildman–Crippen LogP) is 0.890. The zero-order valence-corrected chi connectivity index (χ0v) is 10.9. The molecule has 0 aliphatic heterocycles. The summed E-state index contributed by atoms with van der Waals surface area (Å²) >= 11 is 0. The lowest BCUT2D eigenvalue weighted by Crippen LogP contribution is -2.50. The Morgan fingerprint density at radius 1 is 1.19 bits per heavy atom. The Balaban J connectivity index is 4.26. The average Bonchev–Trinajstić information content (AvgIpc) is 2.28. The van der Waals surface area contributed by atoms with Crippen molar-refractivity contribution in [3.63, 3.8) is 0 Å². The summed E-state index contributed by atoms with van der Waals surface area (Å²) in [5.41, 5.74) is 2.77. The monoisotopic (exact) mass is 234 g/mol. The average molecular weight is 234 g/mol. The second-order valence-corrected chi connectivity index (χ2v) is 3.73. The fourth-order valence-corrected chi connectivity index (χ4v) is 1.58. The molecule has 98 valence electrons. The Morgan fingerprint density at radius 3 is 2.12 bits per heavy atom. The maximum absolute atomic E-state index is 5.56. The highest BCUT2D eigenvalue weighted by Crippen LogP contribution is 2.14. The standard InChI is InChI=1S/C11H26N2O3/c1-5-15-11(16-6-2)10(13-12)9(3)7-8-14-4/h9-11,13H,5-8,12H2,1-4H3. The molecule has 0 fully saturated rings. The molecule has 3 N–H and O–H groups in total. The Kier molecular flexibility index (Phi) is 9.86. The van der Waals surface area contributed by atoms with Crippen LogP contribution in [0, 0.1) is 5.92 Å². The molecule has 0 heterocycles. The number of methoxy groups -OCH3 is 1. The lowest BCUT2D eigenvalue weighted by molar-refractivity contribution is -0.162. The molecule has 0 rings (SSSR count). The summed E-state index contributed by atoms with van der Waals surface area (Å²) in [4.78, 5) is 0. The topological polar surface area (TPSA) is 65.7 Å². The van der Waals surface area contributed by atoms with Crippen LogP contribution in [0.4, 0.5) is 0 Å². The minimum atomic E-state index is -0.299. The van der Waals surface area contributed by atoms with Gasteiger partial charge in [-0.1, -0.05) is 6.92 Å². The zero-order chi connectivity index (χ0) is 12.4. The third-order valence-electron chi connectivity index (χ3n) is 2.54. The van der Waals surface area contributed by atoms with Crippen LogP contribution in [0.15, 0.2) is 0 Å². The normalized spacial score (nSPS) is 15.4. The first kappa shape index (κ1) is 15.8. The molecule has 0 bridgehead atoms. The van der Waals surface area contributed by atoms with Crippen LogP contribution in [0.3, 0.4) is 0 Å². The summed E-state index contributed by atoms with van der Waals surface area (Å²) < 4.78 is 16.1. The van der Waals surface area contributed by atoms with E-state index >= 15 is 0 Å². The van der Waals surface area contributed by atoms with Crippen LogP contribution in [0.2, 0.25) is 0 Å². The van der Waals surface area contributed by atoms with E-state index in [1.807, 2.05) is 13.8 Å². The molecule has 2 unspecified atom stereocenters. The predicted molar refractivity (Wildman–Crippen MR) is 63.8 cm³/mol. The minimum Gasteiger partial charge on any atom is -0.385 e. The van der Waals surface area contributed by atoms with E-state index in [0.717, 1.165) is 6.42 Å². The molecular formula is C11H26N2O3. The van der Waals surface area contributed by atoms with Gasteiger partial charge in [-0.3, -0.25) is 11.3 Å². The highest BCUT2D eigenvalue weighted by molar-refractivity contribution is 4.75. The molecule has 0 aromatic carbocycles. The number of hydrogen-bond acceptors (Lipinski definition) is 5. The van der Waals surface area contributed by atoms with Crippen molar-refractivity contribution in [2.45, 2.75) is 39.5 Å². The number of hydrogen-bond donors (Lipinski definition) is 2. The van der Waals surface area contributed by atoms with E-state index in [-0.39, 0.29) is 12.3 Å². The molecule has 0 saturated carbocycles. The van der Waals surface area contributed by atoms with E-state index in [4.69, 9.17) is 20.1 Å². The van der Waals surface area contributed by atoms with Gasteiger partial charge in [-0.2, -0.15) is 0 Å². The van der Waals surface area contributed by atoms with E-state index in [0.29, 0.717) is 25.7 Å². The van der Waals surface area contributed by atoms with E-state index < -0.39 is 0 Å². The Hall–Kier alpha value is -0.200. The van der Waals surface area contributed by atoms with Crippen molar-refractivity contribution in [1.82, 2.24) is 5.43 Å². The highest BCUT2D eigenvalue weighted by atomic mass is 16.7. The fourth-order valence-electron chi connectivity index (χ4n) is 1.58. The van der Waals surface area contributed by atoms with Gasteiger partial charge in [0, 0.05) is 26.9 Å². The van der Waals surface area contributed by atoms with E-state index in [9.17, 15) is 0 Å². The number of nitrogens with one attached hydrogen (secondary N) is 1. The van der Waals surface area contributed by atoms with Gasteiger partial charge in [-0.15, -0.1) is 0 Å². The summed E-state index contributed by atoms with van der Waals surface area (Å²) in [6, 6.07) is -0.0185. The Labute approximate surface area is 98.6 Å². The SMILES string of the molecule is CCOC(OCC)C(NN)C(C)CCOC. The molecule has 0 amide bonds. The molecule has 2 atom stereocenters. The van der Waals surface area contributed by atoms with Gasteiger partial charge in [0.2, 0.25) is 0 Å². The van der Waals surface area contributed by atoms with Gasteiger partial charge < -0.3 is 14.2 Å². The summed E-state index contributed by atoms with van der Waals surface area (Å²) in [6.45, 7) is 7.93. The van der Waals surface area contributed by atoms with Crippen LogP contribution in [0.1, 0.15) is 27.2 Å². The van der Waals surface area contributed by atoms with Crippen LogP contribution in [0.5, 0.6) is 0 Å². The van der Waals surface area contributed by atoms with Gasteiger partial charge in [-0.05, 0) is 26.2 Å². The zero-order valence-electron chi connectivity index (χ0n) is 10.9. The third kappa shape index (κ3) is 5.77. The highest BCUT2D eigenvalue weighted by Gasteiger charge is 2.26. The first-order valence-corrected chi connectivity index (χ1v) is 5.89. The number of ether oxygens (including phenoxy) is 3. The smallest absolute Gasteiger partial charge is 0.174 e. The molecule has 0 aliphatic carbocycles. The quantitative estimate of drug-likeness (QED) is 0.334. The number of hydrazine groups is 1. The molecule has 0 aliphatic rings. The van der Waals surface area contributed by atoms with Crippen LogP contribution in [0.25, 0.3) is 0 Å². The number of nitrogens with two attached hydrogens (primary N) is 1. The maximum atomic E-state index is 5.56. The van der Waals surface area contributed by atoms with Crippen LogP contribution >= 0.6 is 0 Å². The minimum absolute atomic E-state index is 0.0185. The molecule has 0 spiro atoms. The first-order chi connectivity index (χ1) is 7.71. The van der Waals surface area contributed by atoms with Crippen molar-refractivity contribution in [2.24, 2.45) is 11.8 Å². The van der Waals surface area contributed by atoms with Gasteiger partial charge in [0.1, 0.15) is 0 Å². The largest absolute Gasteiger partial charge is 0.385 e. The maximum Gasteiger partial charge on any atom is 0.174 e. The summed E-state index contributed by atoms with van der Waals surface area (Å²) in [5, 5.41) is 0. The molecule has 0 aromatic rings. The molecule has 5 nitrogen and oxygen atoms in total. The molecule has 16 heavy (non-hydrogen) atoms. The van der Waals surface area contributed by atoms with E-state index in [2.05, 4.69) is 12.3 Å². The first-order valence-electron chi connectivity index (χ1n) is 5.89. The second kappa shape index (κ2) is 9.99. The third-order valence-corrected chi connectivity index (χ3v) is 2.54. The Morgan fingerprint density at radius 2 is 1.75 bits per heavy atom. The van der Waals surface area contributed by atoms with Crippen molar-refractivity contribution in [2.75, 3.05) is 26.9 Å². The Bertz CT molecular complexity index is 152. The molecule has 5 heteroatoms. The van der Waals surface area contributed by atoms with Gasteiger partial charge in [0.15, 0.2) is 6.29 Å². The van der Waals surface area contributed by atoms with Crippen molar-refractivity contribution in [3.05, 3.63) is 0 Å². The lowest BCUT2D eigenvalue weighted by Gasteiger charge is -2.30. The van der Waals surface area contributed by atoms with Crippen molar-refractivity contribution < 1.29 is 14.2 Å².